The molecule has 2 heterocycles. The Kier molecular flexibility index (Phi) is 6.31. The van der Waals surface area contributed by atoms with E-state index in [0.29, 0.717) is 24.1 Å². The summed E-state index contributed by atoms with van der Waals surface area (Å²) in [4.78, 5) is 6.59. The van der Waals surface area contributed by atoms with Gasteiger partial charge in [-0.3, -0.25) is 5.10 Å². The topological polar surface area (TPSA) is 66.1 Å². The molecule has 1 aromatic heterocycles. The van der Waals surface area contributed by atoms with Gasteiger partial charge in [-0.15, -0.1) is 5.10 Å². The van der Waals surface area contributed by atoms with Gasteiger partial charge in [0.1, 0.15) is 12.4 Å². The number of alkyl halides is 2. The molecule has 1 fully saturated rings. The summed E-state index contributed by atoms with van der Waals surface area (Å²) >= 11 is 0. The van der Waals surface area contributed by atoms with E-state index in [9.17, 15) is 8.78 Å². The molecule has 0 amide bonds. The second-order valence-corrected chi connectivity index (χ2v) is 5.31. The second kappa shape index (κ2) is 8.23. The van der Waals surface area contributed by atoms with Gasteiger partial charge in [0.2, 0.25) is 5.95 Å². The summed E-state index contributed by atoms with van der Waals surface area (Å²) in [6, 6.07) is 0. The number of hydrogen-bond donors (Lipinski definition) is 2. The highest BCUT2D eigenvalue weighted by atomic mass is 19.3. The molecule has 6 nitrogen and oxygen atoms in total. The largest absolute Gasteiger partial charge is 0.375 e. The van der Waals surface area contributed by atoms with Crippen LogP contribution in [-0.2, 0) is 11.2 Å². The summed E-state index contributed by atoms with van der Waals surface area (Å²) in [5.74, 6) is 1.98. The number of aromatic nitrogens is 3. The Morgan fingerprint density at radius 3 is 3.14 bits per heavy atom. The first-order valence-electron chi connectivity index (χ1n) is 7.35. The summed E-state index contributed by atoms with van der Waals surface area (Å²) in [5.41, 5.74) is 0. The van der Waals surface area contributed by atoms with E-state index >= 15 is 0 Å². The third-order valence-corrected chi connectivity index (χ3v) is 3.54. The Bertz CT molecular complexity index is 413. The van der Waals surface area contributed by atoms with Gasteiger partial charge in [-0.05, 0) is 32.4 Å². The lowest BCUT2D eigenvalue weighted by atomic mass is 9.98. The fourth-order valence-corrected chi connectivity index (χ4v) is 2.58. The summed E-state index contributed by atoms with van der Waals surface area (Å²) < 4.78 is 28.7. The molecule has 1 aliphatic rings. The smallest absolute Gasteiger partial charge is 0.261 e. The van der Waals surface area contributed by atoms with Crippen molar-refractivity contribution in [3.8, 4) is 0 Å². The van der Waals surface area contributed by atoms with Crippen LogP contribution in [0.2, 0.25) is 0 Å². The summed E-state index contributed by atoms with van der Waals surface area (Å²) in [6.07, 6.45) is 0.393. The molecule has 0 saturated carbocycles. The van der Waals surface area contributed by atoms with E-state index in [2.05, 4.69) is 25.4 Å². The van der Waals surface area contributed by atoms with Gasteiger partial charge in [0.15, 0.2) is 0 Å². The molecule has 0 bridgehead atoms. The van der Waals surface area contributed by atoms with Gasteiger partial charge in [0.25, 0.3) is 6.43 Å². The average Bonchev–Trinajstić information content (AvgIpc) is 2.93. The molecule has 1 saturated heterocycles. The maximum Gasteiger partial charge on any atom is 0.261 e. The zero-order valence-electron chi connectivity index (χ0n) is 12.3. The van der Waals surface area contributed by atoms with Crippen LogP contribution in [0.5, 0.6) is 0 Å². The minimum Gasteiger partial charge on any atom is -0.375 e. The quantitative estimate of drug-likeness (QED) is 0.703. The number of H-pyrrole nitrogens is 1. The fourth-order valence-electron chi connectivity index (χ4n) is 2.58. The van der Waals surface area contributed by atoms with Crippen molar-refractivity contribution in [1.82, 2.24) is 20.5 Å². The molecule has 0 spiro atoms. The van der Waals surface area contributed by atoms with E-state index in [1.807, 2.05) is 7.05 Å². The van der Waals surface area contributed by atoms with Gasteiger partial charge >= 0.3 is 0 Å². The third-order valence-electron chi connectivity index (χ3n) is 3.54. The van der Waals surface area contributed by atoms with Crippen molar-refractivity contribution < 1.29 is 13.5 Å². The number of aromatic amines is 1. The molecule has 2 rings (SSSR count). The fraction of sp³-hybridized carbons (Fsp3) is 0.846. The zero-order chi connectivity index (χ0) is 15.1. The van der Waals surface area contributed by atoms with Crippen LogP contribution in [0.15, 0.2) is 0 Å². The number of piperidine rings is 1. The van der Waals surface area contributed by atoms with Crippen molar-refractivity contribution >= 4 is 5.95 Å². The molecule has 1 aliphatic heterocycles. The van der Waals surface area contributed by atoms with Gasteiger partial charge in [-0.1, -0.05) is 0 Å². The Hall–Kier alpha value is -1.28. The van der Waals surface area contributed by atoms with Crippen molar-refractivity contribution in [2.45, 2.75) is 25.7 Å². The summed E-state index contributed by atoms with van der Waals surface area (Å²) in [5, 5.41) is 10.3. The third kappa shape index (κ3) is 5.20. The first kappa shape index (κ1) is 16.1. The van der Waals surface area contributed by atoms with Gasteiger partial charge in [-0.2, -0.15) is 4.98 Å². The minimum absolute atomic E-state index is 0.224. The number of nitrogens with zero attached hydrogens (tertiary/aromatic N) is 3. The van der Waals surface area contributed by atoms with Gasteiger partial charge < -0.3 is 15.0 Å². The number of hydrogen-bond acceptors (Lipinski definition) is 5. The van der Waals surface area contributed by atoms with E-state index in [4.69, 9.17) is 4.74 Å². The summed E-state index contributed by atoms with van der Waals surface area (Å²) in [6.45, 7) is 2.59. The van der Waals surface area contributed by atoms with Gasteiger partial charge in [0.05, 0.1) is 6.61 Å². The first-order valence-corrected chi connectivity index (χ1v) is 7.35. The predicted molar refractivity (Wildman–Crippen MR) is 75.8 cm³/mol. The number of rotatable bonds is 8. The number of halogens is 2. The normalized spacial score (nSPS) is 19.4. The van der Waals surface area contributed by atoms with Crippen LogP contribution < -0.4 is 10.2 Å². The zero-order valence-corrected chi connectivity index (χ0v) is 12.3. The van der Waals surface area contributed by atoms with Crippen LogP contribution in [-0.4, -0.2) is 61.5 Å². The molecular formula is C13H23F2N5O. The molecule has 1 aromatic rings. The molecule has 2 N–H and O–H groups in total. The van der Waals surface area contributed by atoms with Crippen LogP contribution in [0, 0.1) is 5.92 Å². The predicted octanol–water partition coefficient (Wildman–Crippen LogP) is 1.06. The number of anilines is 1. The number of ether oxygens (including phenoxy) is 1. The molecule has 8 heteroatoms. The minimum atomic E-state index is -2.42. The molecule has 0 radical (unpaired) electrons. The van der Waals surface area contributed by atoms with E-state index in [1.54, 1.807) is 0 Å². The monoisotopic (exact) mass is 303 g/mol. The van der Waals surface area contributed by atoms with E-state index in [-0.39, 0.29) is 6.61 Å². The standard InChI is InChI=1S/C13H23F2N5O/c1-16-7-10-3-2-5-20(8-10)13-17-12(18-19-13)4-6-21-9-11(14)15/h10-11,16H,2-9H2,1H3,(H,17,18,19). The van der Waals surface area contributed by atoms with Crippen molar-refractivity contribution in [2.24, 2.45) is 5.92 Å². The molecule has 0 aromatic carbocycles. The lowest BCUT2D eigenvalue weighted by Crippen LogP contribution is -2.39. The van der Waals surface area contributed by atoms with Crippen LogP contribution in [0.4, 0.5) is 14.7 Å². The van der Waals surface area contributed by atoms with Crippen molar-refractivity contribution in [3.05, 3.63) is 5.82 Å². The number of nitrogens with one attached hydrogen (secondary N) is 2. The van der Waals surface area contributed by atoms with Crippen molar-refractivity contribution in [2.75, 3.05) is 44.8 Å². The Morgan fingerprint density at radius 2 is 2.38 bits per heavy atom. The van der Waals surface area contributed by atoms with E-state index in [1.165, 1.54) is 6.42 Å². The molecule has 0 aliphatic carbocycles. The first-order chi connectivity index (χ1) is 10.2. The maximum absolute atomic E-state index is 11.9. The SMILES string of the molecule is CNCC1CCCN(c2n[nH]c(CCOCC(F)F)n2)C1. The van der Waals surface area contributed by atoms with E-state index < -0.39 is 13.0 Å². The Balaban J connectivity index is 1.79. The molecule has 1 unspecified atom stereocenters. The molecule has 21 heavy (non-hydrogen) atoms. The highest BCUT2D eigenvalue weighted by molar-refractivity contribution is 5.29. The lowest BCUT2D eigenvalue weighted by Gasteiger charge is -2.31. The molecule has 1 atom stereocenters. The average molecular weight is 303 g/mol. The Morgan fingerprint density at radius 1 is 1.52 bits per heavy atom. The van der Waals surface area contributed by atoms with Crippen LogP contribution in [0.3, 0.4) is 0 Å². The highest BCUT2D eigenvalue weighted by Gasteiger charge is 2.22. The maximum atomic E-state index is 11.9. The van der Waals surface area contributed by atoms with Crippen LogP contribution in [0.1, 0.15) is 18.7 Å². The van der Waals surface area contributed by atoms with Crippen LogP contribution >= 0.6 is 0 Å². The van der Waals surface area contributed by atoms with Gasteiger partial charge in [-0.25, -0.2) is 8.78 Å². The van der Waals surface area contributed by atoms with Crippen molar-refractivity contribution in [3.63, 3.8) is 0 Å². The van der Waals surface area contributed by atoms with Gasteiger partial charge in [0, 0.05) is 19.5 Å². The lowest BCUT2D eigenvalue weighted by molar-refractivity contribution is 0.0183. The molecule has 120 valence electrons. The summed E-state index contributed by atoms with van der Waals surface area (Å²) in [7, 11) is 1.96. The Labute approximate surface area is 123 Å². The van der Waals surface area contributed by atoms with E-state index in [0.717, 1.165) is 26.1 Å². The second-order valence-electron chi connectivity index (χ2n) is 5.31. The van der Waals surface area contributed by atoms with Crippen LogP contribution in [0.25, 0.3) is 0 Å². The molecular weight excluding hydrogens is 280 g/mol. The van der Waals surface area contributed by atoms with Crippen molar-refractivity contribution in [1.29, 1.82) is 0 Å². The highest BCUT2D eigenvalue weighted by Crippen LogP contribution is 2.19.